The zero-order valence-corrected chi connectivity index (χ0v) is 13.0. The van der Waals surface area contributed by atoms with Gasteiger partial charge < -0.3 is 4.74 Å². The van der Waals surface area contributed by atoms with Crippen LogP contribution >= 0.6 is 45.2 Å². The number of methoxy groups -OCH3 is 1. The highest BCUT2D eigenvalue weighted by Gasteiger charge is 2.07. The molecule has 2 aromatic carbocycles. The van der Waals surface area contributed by atoms with Crippen LogP contribution in [0.2, 0.25) is 0 Å². The summed E-state index contributed by atoms with van der Waals surface area (Å²) >= 11 is 4.71. The van der Waals surface area contributed by atoms with Gasteiger partial charge in [0.05, 0.1) is 7.11 Å². The fraction of sp³-hybridized carbons (Fsp3) is 0.0769. The molecule has 0 amide bonds. The normalized spacial score (nSPS) is 10.2. The summed E-state index contributed by atoms with van der Waals surface area (Å²) < 4.78 is 7.76. The van der Waals surface area contributed by atoms with Crippen molar-refractivity contribution in [3.63, 3.8) is 0 Å². The van der Waals surface area contributed by atoms with E-state index in [1.165, 1.54) is 18.3 Å². The Morgan fingerprint density at radius 1 is 0.875 bits per heavy atom. The molecule has 0 aliphatic carbocycles. The molecule has 0 unspecified atom stereocenters. The fourth-order valence-corrected chi connectivity index (χ4v) is 2.82. The Labute approximate surface area is 122 Å². The Bertz CT molecular complexity index is 509. The predicted molar refractivity (Wildman–Crippen MR) is 83.9 cm³/mol. The molecule has 16 heavy (non-hydrogen) atoms. The van der Waals surface area contributed by atoms with Crippen LogP contribution in [0.1, 0.15) is 0 Å². The highest BCUT2D eigenvalue weighted by atomic mass is 127. The summed E-state index contributed by atoms with van der Waals surface area (Å²) in [5.41, 5.74) is 2.48. The fourth-order valence-electron chi connectivity index (χ4n) is 1.52. The van der Waals surface area contributed by atoms with Crippen molar-refractivity contribution in [2.24, 2.45) is 0 Å². The first kappa shape index (κ1) is 12.2. The third-order valence-corrected chi connectivity index (χ3v) is 4.22. The van der Waals surface area contributed by atoms with E-state index in [0.717, 1.165) is 5.75 Å². The molecular formula is C13H10I2O. The van der Waals surface area contributed by atoms with Gasteiger partial charge in [-0.1, -0.05) is 18.2 Å². The molecule has 2 aromatic rings. The standard InChI is InChI=1S/C13H10I2O/c1-16-9-6-7-13(15)11(8-9)10-4-2-3-5-12(10)14/h2-8H,1H3. The first-order valence-corrected chi connectivity index (χ1v) is 6.96. The van der Waals surface area contributed by atoms with E-state index in [-0.39, 0.29) is 0 Å². The molecule has 3 heteroatoms. The Morgan fingerprint density at radius 2 is 1.56 bits per heavy atom. The second-order valence-corrected chi connectivity index (χ2v) is 5.65. The first-order chi connectivity index (χ1) is 7.72. The second kappa shape index (κ2) is 5.35. The number of rotatable bonds is 2. The molecule has 0 fully saturated rings. The summed E-state index contributed by atoms with van der Waals surface area (Å²) in [6.07, 6.45) is 0. The number of ether oxygens (including phenoxy) is 1. The summed E-state index contributed by atoms with van der Waals surface area (Å²) in [4.78, 5) is 0. The molecule has 0 saturated heterocycles. The number of benzene rings is 2. The summed E-state index contributed by atoms with van der Waals surface area (Å²) in [6.45, 7) is 0. The molecule has 0 bridgehead atoms. The quantitative estimate of drug-likeness (QED) is 0.628. The number of hydrogen-bond acceptors (Lipinski definition) is 1. The maximum Gasteiger partial charge on any atom is 0.119 e. The zero-order chi connectivity index (χ0) is 11.5. The molecule has 0 N–H and O–H groups in total. The average Bonchev–Trinajstić information content (AvgIpc) is 2.31. The van der Waals surface area contributed by atoms with Gasteiger partial charge in [-0.3, -0.25) is 0 Å². The van der Waals surface area contributed by atoms with E-state index in [2.05, 4.69) is 81.6 Å². The van der Waals surface area contributed by atoms with Gasteiger partial charge in [0, 0.05) is 7.14 Å². The molecule has 0 spiro atoms. The molecule has 0 aliphatic heterocycles. The molecule has 0 aromatic heterocycles. The van der Waals surface area contributed by atoms with E-state index in [1.54, 1.807) is 7.11 Å². The van der Waals surface area contributed by atoms with Crippen LogP contribution in [0.3, 0.4) is 0 Å². The van der Waals surface area contributed by atoms with E-state index in [9.17, 15) is 0 Å². The van der Waals surface area contributed by atoms with Crippen molar-refractivity contribution >= 4 is 45.2 Å². The lowest BCUT2D eigenvalue weighted by atomic mass is 10.1. The van der Waals surface area contributed by atoms with E-state index in [1.807, 2.05) is 6.07 Å². The minimum atomic E-state index is 0.898. The Hall–Kier alpha value is -0.300. The van der Waals surface area contributed by atoms with Crippen molar-refractivity contribution in [1.82, 2.24) is 0 Å². The van der Waals surface area contributed by atoms with Gasteiger partial charge in [-0.2, -0.15) is 0 Å². The second-order valence-electron chi connectivity index (χ2n) is 3.33. The van der Waals surface area contributed by atoms with Gasteiger partial charge in [0.2, 0.25) is 0 Å². The van der Waals surface area contributed by atoms with Crippen molar-refractivity contribution < 1.29 is 4.74 Å². The van der Waals surface area contributed by atoms with Crippen LogP contribution in [0, 0.1) is 7.14 Å². The highest BCUT2D eigenvalue weighted by molar-refractivity contribution is 14.1. The Kier molecular flexibility index (Phi) is 4.07. The van der Waals surface area contributed by atoms with Crippen molar-refractivity contribution in [3.05, 3.63) is 49.6 Å². The first-order valence-electron chi connectivity index (χ1n) is 4.81. The predicted octanol–water partition coefficient (Wildman–Crippen LogP) is 4.57. The molecule has 0 saturated carbocycles. The largest absolute Gasteiger partial charge is 0.497 e. The number of hydrogen-bond donors (Lipinski definition) is 0. The van der Waals surface area contributed by atoms with Crippen LogP contribution in [-0.4, -0.2) is 7.11 Å². The third-order valence-electron chi connectivity index (χ3n) is 2.34. The minimum absolute atomic E-state index is 0.898. The monoisotopic (exact) mass is 436 g/mol. The van der Waals surface area contributed by atoms with E-state index >= 15 is 0 Å². The van der Waals surface area contributed by atoms with Crippen LogP contribution in [0.25, 0.3) is 11.1 Å². The van der Waals surface area contributed by atoms with Crippen LogP contribution in [0.15, 0.2) is 42.5 Å². The Balaban J connectivity index is 2.59. The van der Waals surface area contributed by atoms with E-state index in [4.69, 9.17) is 4.74 Å². The lowest BCUT2D eigenvalue weighted by Gasteiger charge is -2.09. The summed E-state index contributed by atoms with van der Waals surface area (Å²) in [5, 5.41) is 0. The third kappa shape index (κ3) is 2.51. The number of halogens is 2. The zero-order valence-electron chi connectivity index (χ0n) is 8.71. The van der Waals surface area contributed by atoms with Gasteiger partial charge >= 0.3 is 0 Å². The molecular weight excluding hydrogens is 426 g/mol. The SMILES string of the molecule is COc1ccc(I)c(-c2ccccc2I)c1. The van der Waals surface area contributed by atoms with Gasteiger partial charge in [0.25, 0.3) is 0 Å². The van der Waals surface area contributed by atoms with E-state index in [0.29, 0.717) is 0 Å². The van der Waals surface area contributed by atoms with Gasteiger partial charge in [-0.05, 0) is 80.6 Å². The van der Waals surface area contributed by atoms with Crippen molar-refractivity contribution in [3.8, 4) is 16.9 Å². The van der Waals surface area contributed by atoms with Gasteiger partial charge in [0.15, 0.2) is 0 Å². The summed E-state index contributed by atoms with van der Waals surface area (Å²) in [5.74, 6) is 0.898. The highest BCUT2D eigenvalue weighted by Crippen LogP contribution is 2.31. The lowest BCUT2D eigenvalue weighted by Crippen LogP contribution is -1.89. The van der Waals surface area contributed by atoms with Gasteiger partial charge in [-0.25, -0.2) is 0 Å². The molecule has 1 nitrogen and oxygen atoms in total. The Morgan fingerprint density at radius 3 is 2.25 bits per heavy atom. The molecule has 82 valence electrons. The topological polar surface area (TPSA) is 9.23 Å². The maximum atomic E-state index is 5.27. The lowest BCUT2D eigenvalue weighted by molar-refractivity contribution is 0.415. The van der Waals surface area contributed by atoms with Crippen LogP contribution < -0.4 is 4.74 Å². The summed E-state index contributed by atoms with van der Waals surface area (Å²) in [6, 6.07) is 14.5. The average molecular weight is 436 g/mol. The molecule has 0 radical (unpaired) electrons. The van der Waals surface area contributed by atoms with Crippen LogP contribution in [0.4, 0.5) is 0 Å². The van der Waals surface area contributed by atoms with Crippen LogP contribution in [-0.2, 0) is 0 Å². The van der Waals surface area contributed by atoms with Crippen LogP contribution in [0.5, 0.6) is 5.75 Å². The molecule has 0 atom stereocenters. The maximum absolute atomic E-state index is 5.27. The van der Waals surface area contributed by atoms with Gasteiger partial charge in [0.1, 0.15) is 5.75 Å². The summed E-state index contributed by atoms with van der Waals surface area (Å²) in [7, 11) is 1.70. The van der Waals surface area contributed by atoms with E-state index < -0.39 is 0 Å². The van der Waals surface area contributed by atoms with Crippen molar-refractivity contribution in [2.75, 3.05) is 7.11 Å². The molecule has 0 heterocycles. The van der Waals surface area contributed by atoms with Gasteiger partial charge in [-0.15, -0.1) is 0 Å². The molecule has 2 rings (SSSR count). The van der Waals surface area contributed by atoms with Crippen molar-refractivity contribution in [2.45, 2.75) is 0 Å². The minimum Gasteiger partial charge on any atom is -0.497 e. The molecule has 0 aliphatic rings. The smallest absolute Gasteiger partial charge is 0.119 e. The van der Waals surface area contributed by atoms with Crippen molar-refractivity contribution in [1.29, 1.82) is 0 Å².